The number of carbonyl (C=O) groups is 1. The molecule has 136 valence electrons. The quantitative estimate of drug-likeness (QED) is 0.602. The molecule has 25 heavy (non-hydrogen) atoms. The first kappa shape index (κ1) is 17.4. The van der Waals surface area contributed by atoms with E-state index in [1.807, 2.05) is 4.90 Å². The van der Waals surface area contributed by atoms with Crippen molar-refractivity contribution in [2.24, 2.45) is 5.92 Å². The number of nitro benzene ring substituents is 1. The first-order valence-electron chi connectivity index (χ1n) is 8.54. The molecular formula is C17H22FN3O4. The van der Waals surface area contributed by atoms with Gasteiger partial charge in [-0.25, -0.2) is 0 Å². The lowest BCUT2D eigenvalue weighted by atomic mass is 10.1. The minimum Gasteiger partial charge on any atom is -0.497 e. The Morgan fingerprint density at radius 2 is 2.04 bits per heavy atom. The van der Waals surface area contributed by atoms with Crippen LogP contribution in [0.3, 0.4) is 0 Å². The number of hydrogen-bond donors (Lipinski definition) is 0. The molecule has 0 spiro atoms. The molecule has 1 aromatic rings. The Morgan fingerprint density at radius 3 is 2.64 bits per heavy atom. The summed E-state index contributed by atoms with van der Waals surface area (Å²) in [6, 6.07) is 2.40. The number of methoxy groups -OCH3 is 1. The standard InChI is InChI=1S/C17H22FN3O4/c1-25-13-8-14(18)17(21(23)24)15(9-13)19-6-7-20(16(22)11-19)10-12-4-2-3-5-12/h8-9,12H,2-7,10-11H2,1H3. The average Bonchev–Trinajstić information content (AvgIpc) is 3.08. The lowest BCUT2D eigenvalue weighted by molar-refractivity contribution is -0.386. The fourth-order valence-electron chi connectivity index (χ4n) is 3.71. The summed E-state index contributed by atoms with van der Waals surface area (Å²) in [6.45, 7) is 1.69. The minimum absolute atomic E-state index is 0.0141. The number of halogens is 1. The molecule has 3 rings (SSSR count). The maximum absolute atomic E-state index is 14.1. The van der Waals surface area contributed by atoms with Crippen LogP contribution >= 0.6 is 0 Å². The largest absolute Gasteiger partial charge is 0.497 e. The van der Waals surface area contributed by atoms with Gasteiger partial charge in [0.2, 0.25) is 11.7 Å². The van der Waals surface area contributed by atoms with E-state index in [0.29, 0.717) is 19.0 Å². The molecule has 0 N–H and O–H groups in total. The van der Waals surface area contributed by atoms with E-state index in [2.05, 4.69) is 0 Å². The van der Waals surface area contributed by atoms with Gasteiger partial charge in [-0.2, -0.15) is 4.39 Å². The molecule has 1 aliphatic carbocycles. The number of rotatable bonds is 5. The van der Waals surface area contributed by atoms with Gasteiger partial charge in [0, 0.05) is 31.8 Å². The Bertz CT molecular complexity index is 676. The zero-order chi connectivity index (χ0) is 18.0. The van der Waals surface area contributed by atoms with E-state index < -0.39 is 16.4 Å². The smallest absolute Gasteiger partial charge is 0.328 e. The van der Waals surface area contributed by atoms with Crippen molar-refractivity contribution in [3.05, 3.63) is 28.1 Å². The predicted octanol–water partition coefficient (Wildman–Crippen LogP) is 2.58. The van der Waals surface area contributed by atoms with Crippen molar-refractivity contribution in [3.8, 4) is 5.75 Å². The number of amides is 1. The molecule has 0 aromatic heterocycles. The van der Waals surface area contributed by atoms with Gasteiger partial charge < -0.3 is 14.5 Å². The molecule has 2 fully saturated rings. The number of nitro groups is 1. The Morgan fingerprint density at radius 1 is 1.32 bits per heavy atom. The van der Waals surface area contributed by atoms with Gasteiger partial charge in [0.25, 0.3) is 0 Å². The molecule has 2 aliphatic rings. The summed E-state index contributed by atoms with van der Waals surface area (Å²) in [5.41, 5.74) is -0.520. The Hall–Kier alpha value is -2.38. The van der Waals surface area contributed by atoms with Crippen LogP contribution in [0, 0.1) is 21.8 Å². The Labute approximate surface area is 145 Å². The predicted molar refractivity (Wildman–Crippen MR) is 90.4 cm³/mol. The van der Waals surface area contributed by atoms with Crippen LogP contribution in [0.2, 0.25) is 0 Å². The van der Waals surface area contributed by atoms with Crippen LogP contribution in [0.1, 0.15) is 25.7 Å². The van der Waals surface area contributed by atoms with Crippen LogP contribution in [0.15, 0.2) is 12.1 Å². The SMILES string of the molecule is COc1cc(F)c([N+](=O)[O-])c(N2CCN(CC3CCCC3)C(=O)C2)c1. The van der Waals surface area contributed by atoms with Gasteiger partial charge in [0.05, 0.1) is 18.6 Å². The van der Waals surface area contributed by atoms with Crippen LogP contribution < -0.4 is 9.64 Å². The first-order chi connectivity index (χ1) is 12.0. The van der Waals surface area contributed by atoms with E-state index in [9.17, 15) is 19.3 Å². The normalized spacial score (nSPS) is 18.7. The van der Waals surface area contributed by atoms with Crippen LogP contribution in [0.4, 0.5) is 15.8 Å². The maximum atomic E-state index is 14.1. The fourth-order valence-corrected chi connectivity index (χ4v) is 3.71. The third kappa shape index (κ3) is 3.67. The summed E-state index contributed by atoms with van der Waals surface area (Å²) in [7, 11) is 1.37. The van der Waals surface area contributed by atoms with Crippen LogP contribution in [0.5, 0.6) is 5.75 Å². The van der Waals surface area contributed by atoms with Crippen LogP contribution in [-0.2, 0) is 4.79 Å². The topological polar surface area (TPSA) is 75.9 Å². The average molecular weight is 351 g/mol. The number of carbonyl (C=O) groups excluding carboxylic acids is 1. The number of ether oxygens (including phenoxy) is 1. The second kappa shape index (κ2) is 7.25. The van der Waals surface area contributed by atoms with E-state index in [1.54, 1.807) is 4.90 Å². The molecule has 7 nitrogen and oxygen atoms in total. The van der Waals surface area contributed by atoms with Crippen LogP contribution in [0.25, 0.3) is 0 Å². The Balaban J connectivity index is 1.78. The summed E-state index contributed by atoms with van der Waals surface area (Å²) in [5, 5.41) is 11.3. The molecule has 1 aliphatic heterocycles. The number of hydrogen-bond acceptors (Lipinski definition) is 5. The highest BCUT2D eigenvalue weighted by atomic mass is 19.1. The lowest BCUT2D eigenvalue weighted by Gasteiger charge is -2.36. The molecule has 1 heterocycles. The van der Waals surface area contributed by atoms with Crippen LogP contribution in [-0.4, -0.2) is 49.0 Å². The third-order valence-electron chi connectivity index (χ3n) is 5.05. The molecule has 1 saturated carbocycles. The van der Waals surface area contributed by atoms with E-state index >= 15 is 0 Å². The van der Waals surface area contributed by atoms with Crippen molar-refractivity contribution in [1.82, 2.24) is 4.90 Å². The van der Waals surface area contributed by atoms with Gasteiger partial charge in [-0.3, -0.25) is 14.9 Å². The number of benzene rings is 1. The van der Waals surface area contributed by atoms with E-state index in [0.717, 1.165) is 25.5 Å². The molecule has 8 heteroatoms. The zero-order valence-electron chi connectivity index (χ0n) is 14.2. The minimum atomic E-state index is -0.958. The van der Waals surface area contributed by atoms with Crippen molar-refractivity contribution in [1.29, 1.82) is 0 Å². The first-order valence-corrected chi connectivity index (χ1v) is 8.54. The molecular weight excluding hydrogens is 329 g/mol. The van der Waals surface area contributed by atoms with Crippen molar-refractivity contribution >= 4 is 17.3 Å². The molecule has 1 amide bonds. The monoisotopic (exact) mass is 351 g/mol. The summed E-state index contributed by atoms with van der Waals surface area (Å²) >= 11 is 0. The number of piperazine rings is 1. The summed E-state index contributed by atoms with van der Waals surface area (Å²) in [4.78, 5) is 26.4. The van der Waals surface area contributed by atoms with Crippen molar-refractivity contribution in [2.75, 3.05) is 38.2 Å². The van der Waals surface area contributed by atoms with E-state index in [1.165, 1.54) is 26.0 Å². The molecule has 0 atom stereocenters. The van der Waals surface area contributed by atoms with Gasteiger partial charge in [0.1, 0.15) is 11.4 Å². The second-order valence-electron chi connectivity index (χ2n) is 6.65. The number of anilines is 1. The van der Waals surface area contributed by atoms with Crippen molar-refractivity contribution in [2.45, 2.75) is 25.7 Å². The molecule has 1 aromatic carbocycles. The van der Waals surface area contributed by atoms with Gasteiger partial charge in [-0.05, 0) is 18.8 Å². The fraction of sp³-hybridized carbons (Fsp3) is 0.588. The lowest BCUT2D eigenvalue weighted by Crippen LogP contribution is -2.51. The van der Waals surface area contributed by atoms with Gasteiger partial charge >= 0.3 is 5.69 Å². The number of nitrogens with zero attached hydrogens (tertiary/aromatic N) is 3. The molecule has 1 saturated heterocycles. The Kier molecular flexibility index (Phi) is 5.06. The summed E-state index contributed by atoms with van der Waals surface area (Å²) in [6.07, 6.45) is 4.74. The molecule has 0 bridgehead atoms. The van der Waals surface area contributed by atoms with Gasteiger partial charge in [-0.1, -0.05) is 12.8 Å². The van der Waals surface area contributed by atoms with E-state index in [4.69, 9.17) is 4.74 Å². The molecule has 0 unspecified atom stereocenters. The third-order valence-corrected chi connectivity index (χ3v) is 5.05. The highest BCUT2D eigenvalue weighted by Gasteiger charge is 2.32. The maximum Gasteiger partial charge on any atom is 0.328 e. The van der Waals surface area contributed by atoms with Crippen molar-refractivity contribution in [3.63, 3.8) is 0 Å². The highest BCUT2D eigenvalue weighted by molar-refractivity contribution is 5.84. The molecule has 0 radical (unpaired) electrons. The highest BCUT2D eigenvalue weighted by Crippen LogP contribution is 2.36. The second-order valence-corrected chi connectivity index (χ2v) is 6.65. The zero-order valence-corrected chi connectivity index (χ0v) is 14.2. The summed E-state index contributed by atoms with van der Waals surface area (Å²) in [5.74, 6) is -0.283. The van der Waals surface area contributed by atoms with Gasteiger partial charge in [-0.15, -0.1) is 0 Å². The van der Waals surface area contributed by atoms with Crippen molar-refractivity contribution < 1.29 is 18.8 Å². The summed E-state index contributed by atoms with van der Waals surface area (Å²) < 4.78 is 19.1. The van der Waals surface area contributed by atoms with Gasteiger partial charge in [0.15, 0.2) is 0 Å². The van der Waals surface area contributed by atoms with E-state index in [-0.39, 0.29) is 23.9 Å².